The van der Waals surface area contributed by atoms with Crippen LogP contribution in [0.3, 0.4) is 0 Å². The number of para-hydroxylation sites is 1. The molecule has 1 aromatic heterocycles. The molecule has 1 amide bonds. The van der Waals surface area contributed by atoms with Crippen molar-refractivity contribution in [3.8, 4) is 0 Å². The molecule has 22 heavy (non-hydrogen) atoms. The second-order valence-electron chi connectivity index (χ2n) is 5.29. The smallest absolute Gasteiger partial charge is 0.271 e. The molecule has 2 aromatic rings. The number of carbonyl (C=O) groups excluding carboxylic acids is 1. The van der Waals surface area contributed by atoms with Crippen LogP contribution in [0.2, 0.25) is 0 Å². The highest BCUT2D eigenvalue weighted by Gasteiger charge is 2.08. The number of unbranched alkanes of at least 4 members (excludes halogenated alkanes) is 1. The van der Waals surface area contributed by atoms with Crippen LogP contribution >= 0.6 is 0 Å². The second kappa shape index (κ2) is 7.54. The lowest BCUT2D eigenvalue weighted by molar-refractivity contribution is 0.0948. The number of benzene rings is 1. The molecule has 2 N–H and O–H groups in total. The largest absolute Gasteiger partial charge is 0.351 e. The van der Waals surface area contributed by atoms with E-state index in [1.807, 2.05) is 32.0 Å². The predicted molar refractivity (Wildman–Crippen MR) is 88.5 cm³/mol. The van der Waals surface area contributed by atoms with E-state index in [1.54, 1.807) is 6.20 Å². The Morgan fingerprint density at radius 2 is 1.86 bits per heavy atom. The molecule has 116 valence electrons. The number of anilines is 2. The lowest BCUT2D eigenvalue weighted by Crippen LogP contribution is -2.25. The van der Waals surface area contributed by atoms with Crippen molar-refractivity contribution >= 4 is 17.4 Å². The molecule has 2 rings (SSSR count). The Bertz CT molecular complexity index is 617. The second-order valence-corrected chi connectivity index (χ2v) is 5.29. The van der Waals surface area contributed by atoms with E-state index in [1.165, 1.54) is 6.20 Å². The number of aryl methyl sites for hydroxylation is 2. The third-order valence-corrected chi connectivity index (χ3v) is 3.43. The van der Waals surface area contributed by atoms with Gasteiger partial charge in [0, 0.05) is 12.2 Å². The lowest BCUT2D eigenvalue weighted by Gasteiger charge is -2.11. The van der Waals surface area contributed by atoms with E-state index in [9.17, 15) is 4.79 Å². The zero-order valence-electron chi connectivity index (χ0n) is 13.3. The van der Waals surface area contributed by atoms with Crippen LogP contribution in [-0.2, 0) is 0 Å². The third-order valence-electron chi connectivity index (χ3n) is 3.43. The maximum Gasteiger partial charge on any atom is 0.271 e. The van der Waals surface area contributed by atoms with Gasteiger partial charge in [0.15, 0.2) is 0 Å². The summed E-state index contributed by atoms with van der Waals surface area (Å²) in [6, 6.07) is 6.10. The highest BCUT2D eigenvalue weighted by molar-refractivity contribution is 5.92. The molecule has 0 fully saturated rings. The summed E-state index contributed by atoms with van der Waals surface area (Å²) in [7, 11) is 0. The Morgan fingerprint density at radius 1 is 1.14 bits per heavy atom. The fourth-order valence-electron chi connectivity index (χ4n) is 2.12. The van der Waals surface area contributed by atoms with Crippen LogP contribution in [-0.4, -0.2) is 22.4 Å². The summed E-state index contributed by atoms with van der Waals surface area (Å²) >= 11 is 0. The molecule has 0 saturated heterocycles. The number of hydrogen-bond donors (Lipinski definition) is 2. The predicted octanol–water partition coefficient (Wildman–Crippen LogP) is 3.37. The van der Waals surface area contributed by atoms with E-state index in [2.05, 4.69) is 27.5 Å². The SMILES string of the molecule is CCCCNC(=O)c1cnc(Nc2c(C)cccc2C)cn1. The van der Waals surface area contributed by atoms with E-state index in [4.69, 9.17) is 0 Å². The molecular weight excluding hydrogens is 276 g/mol. The van der Waals surface area contributed by atoms with Gasteiger partial charge in [0.25, 0.3) is 5.91 Å². The molecular formula is C17H22N4O. The van der Waals surface area contributed by atoms with Gasteiger partial charge in [0.2, 0.25) is 0 Å². The summed E-state index contributed by atoms with van der Waals surface area (Å²) in [4.78, 5) is 20.3. The van der Waals surface area contributed by atoms with Gasteiger partial charge in [-0.3, -0.25) is 4.79 Å². The molecule has 5 heteroatoms. The minimum absolute atomic E-state index is 0.181. The van der Waals surface area contributed by atoms with E-state index >= 15 is 0 Å². The Kier molecular flexibility index (Phi) is 5.47. The summed E-state index contributed by atoms with van der Waals surface area (Å²) in [6.45, 7) is 6.83. The summed E-state index contributed by atoms with van der Waals surface area (Å²) in [5.41, 5.74) is 3.64. The van der Waals surface area contributed by atoms with E-state index < -0.39 is 0 Å². The molecule has 0 spiro atoms. The van der Waals surface area contributed by atoms with Crippen molar-refractivity contribution < 1.29 is 4.79 Å². The zero-order chi connectivity index (χ0) is 15.9. The van der Waals surface area contributed by atoms with Gasteiger partial charge in [-0.15, -0.1) is 0 Å². The van der Waals surface area contributed by atoms with E-state index in [-0.39, 0.29) is 5.91 Å². The number of amides is 1. The summed E-state index contributed by atoms with van der Waals surface area (Å²) in [6.07, 6.45) is 5.09. The Labute approximate surface area is 131 Å². The highest BCUT2D eigenvalue weighted by atomic mass is 16.1. The van der Waals surface area contributed by atoms with Crippen LogP contribution in [0.5, 0.6) is 0 Å². The van der Waals surface area contributed by atoms with Crippen molar-refractivity contribution in [2.24, 2.45) is 0 Å². The van der Waals surface area contributed by atoms with Gasteiger partial charge in [-0.1, -0.05) is 31.5 Å². The standard InChI is InChI=1S/C17H22N4O/c1-4-5-9-18-17(22)14-10-20-15(11-19-14)21-16-12(2)7-6-8-13(16)3/h6-8,10-11H,4-5,9H2,1-3H3,(H,18,22)(H,20,21). The number of nitrogens with one attached hydrogen (secondary N) is 2. The number of aromatic nitrogens is 2. The van der Waals surface area contributed by atoms with Crippen LogP contribution < -0.4 is 10.6 Å². The highest BCUT2D eigenvalue weighted by Crippen LogP contribution is 2.22. The maximum absolute atomic E-state index is 11.9. The van der Waals surface area contributed by atoms with Crippen molar-refractivity contribution in [2.75, 3.05) is 11.9 Å². The minimum Gasteiger partial charge on any atom is -0.351 e. The first-order chi connectivity index (χ1) is 10.6. The molecule has 5 nitrogen and oxygen atoms in total. The van der Waals surface area contributed by atoms with Gasteiger partial charge in [-0.05, 0) is 31.4 Å². The van der Waals surface area contributed by atoms with Crippen LogP contribution in [0.4, 0.5) is 11.5 Å². The fraction of sp³-hybridized carbons (Fsp3) is 0.353. The fourth-order valence-corrected chi connectivity index (χ4v) is 2.12. The van der Waals surface area contributed by atoms with Gasteiger partial charge in [0.1, 0.15) is 11.5 Å². The number of rotatable bonds is 6. The molecule has 0 aliphatic carbocycles. The average Bonchev–Trinajstić information content (AvgIpc) is 2.52. The molecule has 0 aliphatic rings. The van der Waals surface area contributed by atoms with Gasteiger partial charge in [-0.2, -0.15) is 0 Å². The molecule has 0 saturated carbocycles. The number of nitrogens with zero attached hydrogens (tertiary/aromatic N) is 2. The first-order valence-corrected chi connectivity index (χ1v) is 7.55. The van der Waals surface area contributed by atoms with E-state index in [0.717, 1.165) is 29.7 Å². The van der Waals surface area contributed by atoms with Crippen molar-refractivity contribution in [1.29, 1.82) is 0 Å². The molecule has 0 bridgehead atoms. The van der Waals surface area contributed by atoms with Crippen molar-refractivity contribution in [2.45, 2.75) is 33.6 Å². The summed E-state index contributed by atoms with van der Waals surface area (Å²) < 4.78 is 0. The van der Waals surface area contributed by atoms with Crippen molar-refractivity contribution in [1.82, 2.24) is 15.3 Å². The molecule has 0 radical (unpaired) electrons. The van der Waals surface area contributed by atoms with E-state index in [0.29, 0.717) is 18.1 Å². The monoisotopic (exact) mass is 298 g/mol. The van der Waals surface area contributed by atoms with Crippen molar-refractivity contribution in [3.63, 3.8) is 0 Å². The molecule has 0 aliphatic heterocycles. The Morgan fingerprint density at radius 3 is 2.45 bits per heavy atom. The zero-order valence-corrected chi connectivity index (χ0v) is 13.3. The summed E-state index contributed by atoms with van der Waals surface area (Å²) in [5.74, 6) is 0.446. The van der Waals surface area contributed by atoms with Gasteiger partial charge < -0.3 is 10.6 Å². The first kappa shape index (κ1) is 15.9. The Hall–Kier alpha value is -2.43. The van der Waals surface area contributed by atoms with Crippen LogP contribution in [0, 0.1) is 13.8 Å². The Balaban J connectivity index is 2.04. The minimum atomic E-state index is -0.181. The maximum atomic E-state index is 11.9. The molecule has 1 heterocycles. The quantitative estimate of drug-likeness (QED) is 0.802. The third kappa shape index (κ3) is 4.04. The molecule has 0 unspecified atom stereocenters. The van der Waals surface area contributed by atoms with Crippen molar-refractivity contribution in [3.05, 3.63) is 47.4 Å². The topological polar surface area (TPSA) is 66.9 Å². The first-order valence-electron chi connectivity index (χ1n) is 7.55. The van der Waals surface area contributed by atoms with Gasteiger partial charge in [-0.25, -0.2) is 9.97 Å². The number of hydrogen-bond acceptors (Lipinski definition) is 4. The van der Waals surface area contributed by atoms with Crippen LogP contribution in [0.25, 0.3) is 0 Å². The lowest BCUT2D eigenvalue weighted by atomic mass is 10.1. The van der Waals surface area contributed by atoms with Gasteiger partial charge >= 0.3 is 0 Å². The molecule has 1 aromatic carbocycles. The van der Waals surface area contributed by atoms with Crippen LogP contribution in [0.15, 0.2) is 30.6 Å². The van der Waals surface area contributed by atoms with Gasteiger partial charge in [0.05, 0.1) is 12.4 Å². The van der Waals surface area contributed by atoms with Crippen LogP contribution in [0.1, 0.15) is 41.4 Å². The number of carbonyl (C=O) groups is 1. The molecule has 0 atom stereocenters. The average molecular weight is 298 g/mol. The normalized spacial score (nSPS) is 10.3. The summed E-state index contributed by atoms with van der Waals surface area (Å²) in [5, 5.41) is 6.08.